The van der Waals surface area contributed by atoms with Gasteiger partial charge in [0, 0.05) is 31.2 Å². The number of nitrogens with zero attached hydrogens (tertiary/aromatic N) is 1. The standard InChI is InChI=1S/C13H20N2O3/c1-9-10(7-12(18-9)13(16)17)8-14-5-6-15(2)11-3-4-11/h7,11,14H,3-6,8H2,1-2H3,(H,16,17). The van der Waals surface area contributed by atoms with Gasteiger partial charge in [-0.2, -0.15) is 0 Å². The van der Waals surface area contributed by atoms with Crippen LogP contribution in [-0.2, 0) is 6.54 Å². The van der Waals surface area contributed by atoms with E-state index in [-0.39, 0.29) is 5.76 Å². The van der Waals surface area contributed by atoms with E-state index in [9.17, 15) is 4.79 Å². The molecular formula is C13H20N2O3. The quantitative estimate of drug-likeness (QED) is 0.719. The van der Waals surface area contributed by atoms with Gasteiger partial charge < -0.3 is 19.7 Å². The van der Waals surface area contributed by atoms with Crippen molar-refractivity contribution in [3.63, 3.8) is 0 Å². The predicted molar refractivity (Wildman–Crippen MR) is 67.8 cm³/mol. The fraction of sp³-hybridized carbons (Fsp3) is 0.615. The number of hydrogen-bond acceptors (Lipinski definition) is 4. The number of aromatic carboxylic acids is 1. The van der Waals surface area contributed by atoms with E-state index in [0.29, 0.717) is 12.3 Å². The summed E-state index contributed by atoms with van der Waals surface area (Å²) in [6.07, 6.45) is 2.64. The number of hydrogen-bond donors (Lipinski definition) is 2. The third-order valence-electron chi connectivity index (χ3n) is 3.36. The fourth-order valence-electron chi connectivity index (χ4n) is 1.98. The SMILES string of the molecule is Cc1oc(C(=O)O)cc1CNCCN(C)C1CC1. The molecule has 0 aliphatic heterocycles. The second kappa shape index (κ2) is 5.54. The minimum absolute atomic E-state index is 0.0133. The molecule has 1 aliphatic rings. The van der Waals surface area contributed by atoms with E-state index in [0.717, 1.165) is 24.7 Å². The zero-order valence-electron chi connectivity index (χ0n) is 10.9. The molecule has 1 aliphatic carbocycles. The Morgan fingerprint density at radius 2 is 2.33 bits per heavy atom. The highest BCUT2D eigenvalue weighted by molar-refractivity contribution is 5.84. The second-order valence-corrected chi connectivity index (χ2v) is 4.89. The van der Waals surface area contributed by atoms with Gasteiger partial charge in [-0.1, -0.05) is 0 Å². The highest BCUT2D eigenvalue weighted by Crippen LogP contribution is 2.24. The molecular weight excluding hydrogens is 232 g/mol. The van der Waals surface area contributed by atoms with E-state index < -0.39 is 5.97 Å². The van der Waals surface area contributed by atoms with Crippen molar-refractivity contribution < 1.29 is 14.3 Å². The van der Waals surface area contributed by atoms with Crippen LogP contribution in [0.3, 0.4) is 0 Å². The molecule has 0 saturated heterocycles. The molecule has 1 heterocycles. The summed E-state index contributed by atoms with van der Waals surface area (Å²) in [6, 6.07) is 2.37. The molecule has 0 bridgehead atoms. The normalized spacial score (nSPS) is 15.3. The first-order valence-electron chi connectivity index (χ1n) is 6.31. The summed E-state index contributed by atoms with van der Waals surface area (Å²) < 4.78 is 5.15. The van der Waals surface area contributed by atoms with Crippen LogP contribution in [0.5, 0.6) is 0 Å². The molecule has 0 aromatic carbocycles. The van der Waals surface area contributed by atoms with Gasteiger partial charge in [-0.25, -0.2) is 4.79 Å². The number of carboxylic acid groups (broad SMARTS) is 1. The third kappa shape index (κ3) is 3.34. The topological polar surface area (TPSA) is 65.7 Å². The van der Waals surface area contributed by atoms with Gasteiger partial charge in [-0.15, -0.1) is 0 Å². The largest absolute Gasteiger partial charge is 0.475 e. The molecule has 1 aromatic heterocycles. The van der Waals surface area contributed by atoms with Gasteiger partial charge in [0.05, 0.1) is 0 Å². The van der Waals surface area contributed by atoms with E-state index in [4.69, 9.17) is 9.52 Å². The Labute approximate surface area is 107 Å². The number of carbonyl (C=O) groups is 1. The van der Waals surface area contributed by atoms with Gasteiger partial charge in [0.2, 0.25) is 5.76 Å². The highest BCUT2D eigenvalue weighted by Gasteiger charge is 2.25. The highest BCUT2D eigenvalue weighted by atomic mass is 16.4. The molecule has 1 aromatic rings. The number of likely N-dealkylation sites (N-methyl/N-ethyl adjacent to an activating group) is 1. The van der Waals surface area contributed by atoms with Crippen LogP contribution in [0.1, 0.15) is 34.7 Å². The minimum Gasteiger partial charge on any atom is -0.475 e. The molecule has 1 fully saturated rings. The van der Waals surface area contributed by atoms with Crippen LogP contribution in [0.25, 0.3) is 0 Å². The molecule has 1 saturated carbocycles. The summed E-state index contributed by atoms with van der Waals surface area (Å²) in [6.45, 7) is 4.37. The average Bonchev–Trinajstić information content (AvgIpc) is 3.09. The molecule has 5 heteroatoms. The second-order valence-electron chi connectivity index (χ2n) is 4.89. The van der Waals surface area contributed by atoms with Gasteiger partial charge in [0.1, 0.15) is 5.76 Å². The van der Waals surface area contributed by atoms with Crippen molar-refractivity contribution in [3.05, 3.63) is 23.2 Å². The maximum Gasteiger partial charge on any atom is 0.371 e. The van der Waals surface area contributed by atoms with Crippen molar-refractivity contribution >= 4 is 5.97 Å². The van der Waals surface area contributed by atoms with Crippen molar-refractivity contribution in [2.45, 2.75) is 32.4 Å². The Balaban J connectivity index is 1.73. The van der Waals surface area contributed by atoms with Gasteiger partial charge in [-0.3, -0.25) is 0 Å². The van der Waals surface area contributed by atoms with Crippen LogP contribution in [0.2, 0.25) is 0 Å². The first-order valence-corrected chi connectivity index (χ1v) is 6.31. The molecule has 2 rings (SSSR count). The summed E-state index contributed by atoms with van der Waals surface area (Å²) in [4.78, 5) is 13.1. The summed E-state index contributed by atoms with van der Waals surface area (Å²) in [5, 5.41) is 12.1. The third-order valence-corrected chi connectivity index (χ3v) is 3.36. The van der Waals surface area contributed by atoms with Crippen LogP contribution in [-0.4, -0.2) is 42.2 Å². The van der Waals surface area contributed by atoms with Crippen molar-refractivity contribution in [3.8, 4) is 0 Å². The van der Waals surface area contributed by atoms with Gasteiger partial charge >= 0.3 is 5.97 Å². The van der Waals surface area contributed by atoms with Crippen LogP contribution in [0.15, 0.2) is 10.5 Å². The molecule has 0 spiro atoms. The van der Waals surface area contributed by atoms with E-state index in [1.54, 1.807) is 13.0 Å². The van der Waals surface area contributed by atoms with Crippen LogP contribution >= 0.6 is 0 Å². The van der Waals surface area contributed by atoms with Crippen molar-refractivity contribution in [2.24, 2.45) is 0 Å². The average molecular weight is 252 g/mol. The lowest BCUT2D eigenvalue weighted by Gasteiger charge is -2.15. The van der Waals surface area contributed by atoms with E-state index in [1.807, 2.05) is 0 Å². The van der Waals surface area contributed by atoms with Gasteiger partial charge in [0.15, 0.2) is 0 Å². The Bertz CT molecular complexity index is 424. The predicted octanol–water partition coefficient (Wildman–Crippen LogP) is 1.47. The zero-order valence-corrected chi connectivity index (χ0v) is 10.9. The van der Waals surface area contributed by atoms with Crippen molar-refractivity contribution in [2.75, 3.05) is 20.1 Å². The fourth-order valence-corrected chi connectivity index (χ4v) is 1.98. The molecule has 0 radical (unpaired) electrons. The number of furan rings is 1. The van der Waals surface area contributed by atoms with Gasteiger partial charge in [0.25, 0.3) is 0 Å². The number of nitrogens with one attached hydrogen (secondary N) is 1. The number of carboxylic acids is 1. The summed E-state index contributed by atoms with van der Waals surface area (Å²) in [5.74, 6) is -0.326. The molecule has 0 amide bonds. The first kappa shape index (κ1) is 13.1. The maximum atomic E-state index is 10.7. The molecule has 2 N–H and O–H groups in total. The summed E-state index contributed by atoms with van der Waals surface area (Å²) in [7, 11) is 2.14. The Hall–Kier alpha value is -1.33. The smallest absolute Gasteiger partial charge is 0.371 e. The Kier molecular flexibility index (Phi) is 4.04. The molecule has 100 valence electrons. The lowest BCUT2D eigenvalue weighted by Crippen LogP contribution is -2.30. The maximum absolute atomic E-state index is 10.7. The molecule has 18 heavy (non-hydrogen) atoms. The molecule has 0 atom stereocenters. The molecule has 0 unspecified atom stereocenters. The first-order chi connectivity index (χ1) is 8.58. The number of aryl methyl sites for hydroxylation is 1. The van der Waals surface area contributed by atoms with Gasteiger partial charge in [-0.05, 0) is 32.9 Å². The Morgan fingerprint density at radius 3 is 2.89 bits per heavy atom. The lowest BCUT2D eigenvalue weighted by atomic mass is 10.2. The van der Waals surface area contributed by atoms with E-state index in [1.165, 1.54) is 12.8 Å². The lowest BCUT2D eigenvalue weighted by molar-refractivity contribution is 0.0661. The van der Waals surface area contributed by atoms with Crippen molar-refractivity contribution in [1.82, 2.24) is 10.2 Å². The van der Waals surface area contributed by atoms with E-state index in [2.05, 4.69) is 17.3 Å². The van der Waals surface area contributed by atoms with Crippen LogP contribution in [0, 0.1) is 6.92 Å². The van der Waals surface area contributed by atoms with E-state index >= 15 is 0 Å². The monoisotopic (exact) mass is 252 g/mol. The summed E-state index contributed by atoms with van der Waals surface area (Å²) in [5.41, 5.74) is 0.918. The Morgan fingerprint density at radius 1 is 1.61 bits per heavy atom. The van der Waals surface area contributed by atoms with Crippen LogP contribution < -0.4 is 5.32 Å². The number of rotatable bonds is 7. The van der Waals surface area contributed by atoms with Crippen molar-refractivity contribution in [1.29, 1.82) is 0 Å². The van der Waals surface area contributed by atoms with Crippen LogP contribution in [0.4, 0.5) is 0 Å². The zero-order chi connectivity index (χ0) is 13.1. The minimum atomic E-state index is -1.02. The summed E-state index contributed by atoms with van der Waals surface area (Å²) >= 11 is 0. The molecule has 5 nitrogen and oxygen atoms in total.